The summed E-state index contributed by atoms with van der Waals surface area (Å²) in [6.45, 7) is 7.48. The van der Waals surface area contributed by atoms with Gasteiger partial charge in [-0.25, -0.2) is 0 Å². The van der Waals surface area contributed by atoms with Gasteiger partial charge in [-0.2, -0.15) is 0 Å². The Kier molecular flexibility index (Phi) is 9.72. The Balaban J connectivity index is 0. The summed E-state index contributed by atoms with van der Waals surface area (Å²) in [5.74, 6) is -0.294. The minimum Gasteiger partial charge on any atom is -0.481 e. The third-order valence-electron chi connectivity index (χ3n) is 1.89. The van der Waals surface area contributed by atoms with Crippen LogP contribution in [0.1, 0.15) is 40.5 Å². The summed E-state index contributed by atoms with van der Waals surface area (Å²) in [4.78, 5) is 10.0. The summed E-state index contributed by atoms with van der Waals surface area (Å²) in [6.07, 6.45) is 1.61. The number of carboxylic acids is 1. The molecule has 15 heavy (non-hydrogen) atoms. The molecule has 0 heterocycles. The number of aliphatic carboxylic acids is 1. The van der Waals surface area contributed by atoms with Crippen LogP contribution in [0.2, 0.25) is 0 Å². The molecule has 0 aliphatic rings. The number of hydrogen-bond acceptors (Lipinski definition) is 3. The first kappa shape index (κ1) is 16.8. The third kappa shape index (κ3) is 13.4. The van der Waals surface area contributed by atoms with E-state index < -0.39 is 11.4 Å². The molecule has 0 amide bonds. The summed E-state index contributed by atoms with van der Waals surface area (Å²) >= 11 is 0. The molecule has 0 saturated heterocycles. The van der Waals surface area contributed by atoms with Crippen LogP contribution in [0.25, 0.3) is 0 Å². The van der Waals surface area contributed by atoms with Crippen molar-refractivity contribution in [2.45, 2.75) is 40.5 Å². The molecule has 0 bridgehead atoms. The van der Waals surface area contributed by atoms with Gasteiger partial charge >= 0.3 is 5.97 Å². The van der Waals surface area contributed by atoms with Crippen molar-refractivity contribution in [3.8, 4) is 0 Å². The van der Waals surface area contributed by atoms with Gasteiger partial charge in [-0.3, -0.25) is 4.79 Å². The molecule has 92 valence electrons. The van der Waals surface area contributed by atoms with Crippen LogP contribution < -0.4 is 0 Å². The van der Waals surface area contributed by atoms with Crippen LogP contribution in [0.3, 0.4) is 0 Å². The van der Waals surface area contributed by atoms with E-state index in [4.69, 9.17) is 15.3 Å². The van der Waals surface area contributed by atoms with Crippen LogP contribution in [0, 0.1) is 11.3 Å². The van der Waals surface area contributed by atoms with E-state index in [-0.39, 0.29) is 13.2 Å². The summed E-state index contributed by atoms with van der Waals surface area (Å²) in [5.41, 5.74) is -0.583. The fourth-order valence-corrected chi connectivity index (χ4v) is 0.585. The smallest absolute Gasteiger partial charge is 0.308 e. The fraction of sp³-hybridized carbons (Fsp3) is 0.909. The van der Waals surface area contributed by atoms with Gasteiger partial charge in [0.25, 0.3) is 0 Å². The highest BCUT2D eigenvalue weighted by Crippen LogP contribution is 2.11. The molecular formula is C11H24O4. The SMILES string of the molecule is CC(C)(C)C(=O)O.CC(CCO)CCO. The van der Waals surface area contributed by atoms with E-state index in [1.54, 1.807) is 20.8 Å². The molecule has 0 spiro atoms. The largest absolute Gasteiger partial charge is 0.481 e. The zero-order valence-electron chi connectivity index (χ0n) is 10.2. The first-order valence-corrected chi connectivity index (χ1v) is 5.20. The fourth-order valence-electron chi connectivity index (χ4n) is 0.585. The number of carbonyl (C=O) groups is 1. The van der Waals surface area contributed by atoms with Crippen molar-refractivity contribution in [2.75, 3.05) is 13.2 Å². The van der Waals surface area contributed by atoms with Gasteiger partial charge in [-0.05, 0) is 39.5 Å². The van der Waals surface area contributed by atoms with Crippen LogP contribution in [0.5, 0.6) is 0 Å². The average Bonchev–Trinajstić information content (AvgIpc) is 2.04. The summed E-state index contributed by atoms with van der Waals surface area (Å²) in [5, 5.41) is 25.0. The van der Waals surface area contributed by atoms with E-state index in [1.165, 1.54) is 0 Å². The minimum absolute atomic E-state index is 0.237. The first-order chi connectivity index (χ1) is 6.75. The summed E-state index contributed by atoms with van der Waals surface area (Å²) < 4.78 is 0. The molecule has 0 atom stereocenters. The van der Waals surface area contributed by atoms with Gasteiger partial charge in [0.15, 0.2) is 0 Å². The van der Waals surface area contributed by atoms with E-state index in [1.807, 2.05) is 6.92 Å². The highest BCUT2D eigenvalue weighted by molar-refractivity contribution is 5.72. The highest BCUT2D eigenvalue weighted by Gasteiger charge is 2.18. The monoisotopic (exact) mass is 220 g/mol. The number of rotatable bonds is 4. The Morgan fingerprint density at radius 3 is 1.53 bits per heavy atom. The molecule has 0 aromatic rings. The lowest BCUT2D eigenvalue weighted by Gasteiger charge is -2.08. The van der Waals surface area contributed by atoms with E-state index in [9.17, 15) is 4.79 Å². The zero-order valence-corrected chi connectivity index (χ0v) is 10.2. The lowest BCUT2D eigenvalue weighted by atomic mass is 9.98. The number of hydrogen-bond donors (Lipinski definition) is 3. The van der Waals surface area contributed by atoms with Crippen molar-refractivity contribution < 1.29 is 20.1 Å². The molecule has 0 aromatic heterocycles. The Bertz CT molecular complexity index is 154. The normalized spacial score (nSPS) is 10.9. The Hall–Kier alpha value is -0.610. The van der Waals surface area contributed by atoms with Crippen molar-refractivity contribution in [1.82, 2.24) is 0 Å². The maximum absolute atomic E-state index is 10.0. The number of aliphatic hydroxyl groups excluding tert-OH is 2. The lowest BCUT2D eigenvalue weighted by molar-refractivity contribution is -0.145. The molecule has 0 fully saturated rings. The minimum atomic E-state index is -0.757. The van der Waals surface area contributed by atoms with Gasteiger partial charge in [-0.1, -0.05) is 6.92 Å². The third-order valence-corrected chi connectivity index (χ3v) is 1.89. The van der Waals surface area contributed by atoms with Crippen molar-refractivity contribution in [1.29, 1.82) is 0 Å². The molecular weight excluding hydrogens is 196 g/mol. The predicted octanol–water partition coefficient (Wildman–Crippen LogP) is 1.50. The lowest BCUT2D eigenvalue weighted by Crippen LogP contribution is -2.18. The Morgan fingerprint density at radius 1 is 1.13 bits per heavy atom. The molecule has 0 aliphatic heterocycles. The molecule has 4 nitrogen and oxygen atoms in total. The summed E-state index contributed by atoms with van der Waals surface area (Å²) in [6, 6.07) is 0. The van der Waals surface area contributed by atoms with Gasteiger partial charge < -0.3 is 15.3 Å². The van der Waals surface area contributed by atoms with Crippen LogP contribution in [0.4, 0.5) is 0 Å². The highest BCUT2D eigenvalue weighted by atomic mass is 16.4. The van der Waals surface area contributed by atoms with Crippen molar-refractivity contribution >= 4 is 5.97 Å². The van der Waals surface area contributed by atoms with Crippen LogP contribution in [-0.2, 0) is 4.79 Å². The van der Waals surface area contributed by atoms with Crippen molar-refractivity contribution in [3.05, 3.63) is 0 Å². The topological polar surface area (TPSA) is 77.8 Å². The van der Waals surface area contributed by atoms with E-state index in [0.29, 0.717) is 5.92 Å². The molecule has 0 aromatic carbocycles. The maximum atomic E-state index is 10.0. The van der Waals surface area contributed by atoms with Crippen LogP contribution in [-0.4, -0.2) is 34.5 Å². The molecule has 0 saturated carbocycles. The molecule has 0 radical (unpaired) electrons. The van der Waals surface area contributed by atoms with Crippen LogP contribution >= 0.6 is 0 Å². The Labute approximate surface area is 91.9 Å². The van der Waals surface area contributed by atoms with Crippen molar-refractivity contribution in [2.24, 2.45) is 11.3 Å². The second-order valence-corrected chi connectivity index (χ2v) is 4.68. The first-order valence-electron chi connectivity index (χ1n) is 5.20. The number of aliphatic hydroxyl groups is 2. The maximum Gasteiger partial charge on any atom is 0.308 e. The van der Waals surface area contributed by atoms with Gasteiger partial charge in [0.2, 0.25) is 0 Å². The second kappa shape index (κ2) is 8.68. The van der Waals surface area contributed by atoms with Crippen LogP contribution in [0.15, 0.2) is 0 Å². The summed E-state index contributed by atoms with van der Waals surface area (Å²) in [7, 11) is 0. The predicted molar refractivity (Wildman–Crippen MR) is 59.7 cm³/mol. The van der Waals surface area contributed by atoms with Crippen molar-refractivity contribution in [3.63, 3.8) is 0 Å². The van der Waals surface area contributed by atoms with E-state index in [2.05, 4.69) is 0 Å². The van der Waals surface area contributed by atoms with Gasteiger partial charge in [0.1, 0.15) is 0 Å². The van der Waals surface area contributed by atoms with E-state index in [0.717, 1.165) is 12.8 Å². The van der Waals surface area contributed by atoms with Gasteiger partial charge in [0.05, 0.1) is 5.41 Å². The number of carboxylic acid groups (broad SMARTS) is 1. The van der Waals surface area contributed by atoms with Gasteiger partial charge in [-0.15, -0.1) is 0 Å². The van der Waals surface area contributed by atoms with Gasteiger partial charge in [0, 0.05) is 13.2 Å². The Morgan fingerprint density at radius 2 is 1.40 bits per heavy atom. The molecule has 4 heteroatoms. The standard InChI is InChI=1S/C6H14O2.C5H10O2/c1-6(2-4-7)3-5-8;1-5(2,3)4(6)7/h6-8H,2-5H2,1H3;1-3H3,(H,6,7). The average molecular weight is 220 g/mol. The molecule has 0 unspecified atom stereocenters. The van der Waals surface area contributed by atoms with E-state index >= 15 is 0 Å². The molecule has 0 aliphatic carbocycles. The quantitative estimate of drug-likeness (QED) is 0.671. The second-order valence-electron chi connectivity index (χ2n) is 4.68. The molecule has 3 N–H and O–H groups in total. The molecule has 0 rings (SSSR count). The zero-order chi connectivity index (χ0) is 12.5.